The first-order valence-corrected chi connectivity index (χ1v) is 19.7. The van der Waals surface area contributed by atoms with Crippen molar-refractivity contribution in [2.24, 2.45) is 11.3 Å². The molecule has 55 heavy (non-hydrogen) atoms. The minimum absolute atomic E-state index is 0.00592. The van der Waals surface area contributed by atoms with Crippen molar-refractivity contribution in [3.05, 3.63) is 52.0 Å². The van der Waals surface area contributed by atoms with Crippen LogP contribution in [0, 0.1) is 34.3 Å². The Morgan fingerprint density at radius 1 is 1.20 bits per heavy atom. The zero-order valence-corrected chi connectivity index (χ0v) is 32.2. The van der Waals surface area contributed by atoms with Gasteiger partial charge in [-0.25, -0.2) is 22.9 Å². The average molecular weight is 812 g/mol. The lowest BCUT2D eigenvalue weighted by Gasteiger charge is -2.57. The van der Waals surface area contributed by atoms with Gasteiger partial charge in [-0.3, -0.25) is 4.90 Å². The smallest absolute Gasteiger partial charge is 0.346 e. The first kappa shape index (κ1) is 36.2. The molecular formula is C37H35Cl2F3N10O2S. The Kier molecular flexibility index (Phi) is 8.61. The lowest BCUT2D eigenvalue weighted by atomic mass is 9.66. The number of nitrogen functional groups attached to an aromatic ring is 1. The number of halogens is 5. The SMILES string of the molecule is CC(C)C1N(C(=O)n2cnc(Cl)n2)CC12CCN(c1nc(OC[C@@]34CCCN3C[C@H](F)C4)nc3c(F)c(-c4ccc(F)c5sc(N)c(C#N)c45)c(Cl)cc13)C2. The highest BCUT2D eigenvalue weighted by atomic mass is 35.5. The van der Waals surface area contributed by atoms with E-state index in [1.807, 2.05) is 11.0 Å². The number of thiophene rings is 1. The van der Waals surface area contributed by atoms with Crippen LogP contribution < -0.4 is 15.4 Å². The lowest BCUT2D eigenvalue weighted by molar-refractivity contribution is -0.0515. The first-order chi connectivity index (χ1) is 26.3. The van der Waals surface area contributed by atoms with Crippen molar-refractivity contribution >= 4 is 72.4 Å². The highest BCUT2D eigenvalue weighted by Crippen LogP contribution is 2.51. The van der Waals surface area contributed by atoms with Crippen LogP contribution in [0.5, 0.6) is 6.01 Å². The molecule has 0 bridgehead atoms. The van der Waals surface area contributed by atoms with Crippen LogP contribution in [-0.2, 0) is 0 Å². The van der Waals surface area contributed by atoms with Crippen molar-refractivity contribution < 1.29 is 22.7 Å². The Balaban J connectivity index is 1.14. The fourth-order valence-electron chi connectivity index (χ4n) is 9.79. The molecule has 4 aliphatic rings. The van der Waals surface area contributed by atoms with Gasteiger partial charge in [0.1, 0.15) is 47.3 Å². The predicted octanol–water partition coefficient (Wildman–Crippen LogP) is 7.30. The summed E-state index contributed by atoms with van der Waals surface area (Å²) in [5.41, 5.74) is 5.36. The van der Waals surface area contributed by atoms with Gasteiger partial charge in [0, 0.05) is 60.4 Å². The number of rotatable bonds is 6. The van der Waals surface area contributed by atoms with Crippen molar-refractivity contribution in [3.8, 4) is 23.2 Å². The molecule has 2 N–H and O–H groups in total. The highest BCUT2D eigenvalue weighted by molar-refractivity contribution is 7.23. The Hall–Kier alpha value is -4.43. The molecule has 3 aromatic heterocycles. The van der Waals surface area contributed by atoms with E-state index in [-0.39, 0.29) is 83.6 Å². The molecule has 4 fully saturated rings. The second kappa shape index (κ2) is 13.1. The molecule has 4 atom stereocenters. The number of aromatic nitrogens is 5. The Morgan fingerprint density at radius 2 is 2.02 bits per heavy atom. The van der Waals surface area contributed by atoms with Crippen LogP contribution in [0.15, 0.2) is 24.5 Å². The van der Waals surface area contributed by atoms with Gasteiger partial charge in [-0.1, -0.05) is 31.5 Å². The van der Waals surface area contributed by atoms with Gasteiger partial charge in [-0.2, -0.15) is 19.9 Å². The second-order valence-corrected chi connectivity index (χ2v) is 17.3. The Morgan fingerprint density at radius 3 is 2.76 bits per heavy atom. The van der Waals surface area contributed by atoms with Crippen LogP contribution in [0.4, 0.5) is 28.8 Å². The molecule has 2 aromatic carbocycles. The summed E-state index contributed by atoms with van der Waals surface area (Å²) >= 11 is 13.8. The topological polar surface area (TPSA) is 142 Å². The van der Waals surface area contributed by atoms with Crippen LogP contribution in [-0.4, -0.2) is 97.6 Å². The number of likely N-dealkylation sites (tertiary alicyclic amines) is 1. The molecule has 18 heteroatoms. The van der Waals surface area contributed by atoms with E-state index in [0.29, 0.717) is 50.2 Å². The van der Waals surface area contributed by atoms with Crippen molar-refractivity contribution in [3.63, 3.8) is 0 Å². The van der Waals surface area contributed by atoms with Crippen LogP contribution >= 0.6 is 34.5 Å². The first-order valence-electron chi connectivity index (χ1n) is 18.1. The third-order valence-corrected chi connectivity index (χ3v) is 13.4. The summed E-state index contributed by atoms with van der Waals surface area (Å²) in [7, 11) is 0. The van der Waals surface area contributed by atoms with E-state index in [9.17, 15) is 14.4 Å². The molecule has 0 saturated carbocycles. The molecule has 9 rings (SSSR count). The van der Waals surface area contributed by atoms with Gasteiger partial charge >= 0.3 is 12.0 Å². The van der Waals surface area contributed by atoms with Gasteiger partial charge in [-0.15, -0.1) is 16.4 Å². The summed E-state index contributed by atoms with van der Waals surface area (Å²) < 4.78 is 54.5. The summed E-state index contributed by atoms with van der Waals surface area (Å²) in [5.74, 6) is -0.912. The number of alkyl halides is 1. The predicted molar refractivity (Wildman–Crippen MR) is 203 cm³/mol. The van der Waals surface area contributed by atoms with Crippen molar-refractivity contribution in [1.29, 1.82) is 5.26 Å². The maximum Gasteiger partial charge on any atom is 0.346 e. The number of anilines is 2. The number of nitrogens with zero attached hydrogens (tertiary/aromatic N) is 9. The number of hydrogen-bond donors (Lipinski definition) is 1. The van der Waals surface area contributed by atoms with Gasteiger partial charge < -0.3 is 20.3 Å². The quantitative estimate of drug-likeness (QED) is 0.186. The standard InChI is InChI=1S/C37H35Cl2F3N10O2S/c1-18(2)30-36(15-51(30)35(53)52-17-45-33(39)48-52)7-9-49(14-36)32-21-10-23(38)26(20-4-5-24(41)29-25(20)22(12-43)31(44)55-29)27(42)28(21)46-34(47-32)54-16-37-6-3-8-50(37)13-19(40)11-37/h4-5,10,17-19,30H,3,6-9,11,13-16,44H2,1-2H3/t19-,30?,36?,37+/m1/s1. The molecule has 7 heterocycles. The van der Waals surface area contributed by atoms with E-state index < -0.39 is 23.3 Å². The van der Waals surface area contributed by atoms with Crippen LogP contribution in [0.1, 0.15) is 45.1 Å². The Labute approximate surface area is 327 Å². The fraction of sp³-hybridized carbons (Fsp3) is 0.459. The molecule has 1 amide bonds. The molecule has 286 valence electrons. The third-order valence-electron chi connectivity index (χ3n) is 11.9. The number of amides is 1. The zero-order chi connectivity index (χ0) is 38.6. The average Bonchev–Trinajstić information content (AvgIpc) is 3.96. The van der Waals surface area contributed by atoms with Gasteiger partial charge in [0.25, 0.3) is 0 Å². The molecule has 0 radical (unpaired) electrons. The van der Waals surface area contributed by atoms with Crippen LogP contribution in [0.3, 0.4) is 0 Å². The van der Waals surface area contributed by atoms with Gasteiger partial charge in [0.05, 0.1) is 20.8 Å². The summed E-state index contributed by atoms with van der Waals surface area (Å²) in [4.78, 5) is 32.8. The number of nitriles is 1. The van der Waals surface area contributed by atoms with E-state index in [2.05, 4.69) is 33.8 Å². The van der Waals surface area contributed by atoms with Gasteiger partial charge in [0.15, 0.2) is 5.82 Å². The molecule has 2 unspecified atom stereocenters. The number of fused-ring (bicyclic) bond motifs is 3. The lowest BCUT2D eigenvalue weighted by Crippen LogP contribution is -2.69. The molecule has 4 saturated heterocycles. The zero-order valence-electron chi connectivity index (χ0n) is 29.8. The molecular weight excluding hydrogens is 776 g/mol. The van der Waals surface area contributed by atoms with E-state index in [1.165, 1.54) is 18.5 Å². The summed E-state index contributed by atoms with van der Waals surface area (Å²) in [6, 6.07) is 5.65. The van der Waals surface area contributed by atoms with Crippen LogP contribution in [0.2, 0.25) is 10.3 Å². The van der Waals surface area contributed by atoms with Crippen molar-refractivity contribution in [1.82, 2.24) is 34.5 Å². The molecule has 4 aliphatic heterocycles. The highest BCUT2D eigenvalue weighted by Gasteiger charge is 2.59. The maximum absolute atomic E-state index is 17.3. The van der Waals surface area contributed by atoms with E-state index >= 15 is 8.78 Å². The number of nitrogens with two attached hydrogens (primary N) is 1. The van der Waals surface area contributed by atoms with Crippen molar-refractivity contribution in [2.75, 3.05) is 50.0 Å². The van der Waals surface area contributed by atoms with Crippen molar-refractivity contribution in [2.45, 2.75) is 57.3 Å². The number of carbonyl (C=O) groups excluding carboxylic acids is 1. The largest absolute Gasteiger partial charge is 0.461 e. The van der Waals surface area contributed by atoms with Gasteiger partial charge in [0.2, 0.25) is 5.28 Å². The molecule has 0 aliphatic carbocycles. The fourth-order valence-corrected chi connectivity index (χ4v) is 11.2. The number of hydrogen-bond acceptors (Lipinski definition) is 11. The normalized spacial score (nSPS) is 25.1. The van der Waals surface area contributed by atoms with E-state index in [0.717, 1.165) is 35.4 Å². The summed E-state index contributed by atoms with van der Waals surface area (Å²) in [5, 5.41) is 14.5. The third kappa shape index (κ3) is 5.60. The summed E-state index contributed by atoms with van der Waals surface area (Å²) in [6.07, 6.45) is 3.04. The van der Waals surface area contributed by atoms with E-state index in [1.54, 1.807) is 11.0 Å². The second-order valence-electron chi connectivity index (χ2n) is 15.5. The van der Waals surface area contributed by atoms with Crippen LogP contribution in [0.25, 0.3) is 32.1 Å². The minimum atomic E-state index is -0.971. The minimum Gasteiger partial charge on any atom is -0.461 e. The monoisotopic (exact) mass is 810 g/mol. The summed E-state index contributed by atoms with van der Waals surface area (Å²) in [6.45, 7) is 6.83. The van der Waals surface area contributed by atoms with E-state index in [4.69, 9.17) is 38.7 Å². The number of benzene rings is 2. The maximum atomic E-state index is 17.3. The number of ether oxygens (including phenoxy) is 1. The Bertz CT molecular complexity index is 2460. The van der Waals surface area contributed by atoms with Gasteiger partial charge in [-0.05, 0) is 61.0 Å². The number of carbonyl (C=O) groups is 1. The molecule has 5 aromatic rings. The molecule has 12 nitrogen and oxygen atoms in total. The molecule has 1 spiro atoms.